The third-order valence-electron chi connectivity index (χ3n) is 4.61. The van der Waals surface area contributed by atoms with Crippen LogP contribution in [0.4, 0.5) is 0 Å². The predicted octanol–water partition coefficient (Wildman–Crippen LogP) is 2.58. The number of amides is 1. The molecule has 0 saturated heterocycles. The molecular formula is C20H23NO4. The maximum Gasteiger partial charge on any atom is 0.229 e. The van der Waals surface area contributed by atoms with Gasteiger partial charge in [-0.2, -0.15) is 0 Å². The number of furan rings is 1. The Morgan fingerprint density at radius 1 is 1.12 bits per heavy atom. The summed E-state index contributed by atoms with van der Waals surface area (Å²) in [6.07, 6.45) is 0.145. The molecule has 1 aromatic heterocycles. The van der Waals surface area contributed by atoms with Crippen LogP contribution in [0.15, 0.2) is 46.9 Å². The fraction of sp³-hybridized carbons (Fsp3) is 0.350. The number of nitrogens with zero attached hydrogens (tertiary/aromatic N) is 1. The summed E-state index contributed by atoms with van der Waals surface area (Å²) in [6.45, 7) is 1.65. The van der Waals surface area contributed by atoms with E-state index in [-0.39, 0.29) is 32.1 Å². The monoisotopic (exact) mass is 341 g/mol. The van der Waals surface area contributed by atoms with E-state index in [9.17, 15) is 15.0 Å². The van der Waals surface area contributed by atoms with Crippen molar-refractivity contribution < 1.29 is 19.4 Å². The van der Waals surface area contributed by atoms with Crippen molar-refractivity contribution in [2.75, 3.05) is 26.8 Å². The number of aliphatic hydroxyl groups is 2. The van der Waals surface area contributed by atoms with Gasteiger partial charge in [-0.3, -0.25) is 4.79 Å². The lowest BCUT2D eigenvalue weighted by molar-refractivity contribution is -0.131. The van der Waals surface area contributed by atoms with Crippen LogP contribution < -0.4 is 0 Å². The maximum absolute atomic E-state index is 12.5. The fourth-order valence-electron chi connectivity index (χ4n) is 3.03. The second-order valence-corrected chi connectivity index (χ2v) is 6.96. The van der Waals surface area contributed by atoms with Gasteiger partial charge in [-0.25, -0.2) is 0 Å². The van der Waals surface area contributed by atoms with E-state index in [4.69, 9.17) is 4.42 Å². The van der Waals surface area contributed by atoms with Crippen LogP contribution in [0.25, 0.3) is 21.7 Å². The van der Waals surface area contributed by atoms with Gasteiger partial charge in [0.2, 0.25) is 5.91 Å². The first kappa shape index (κ1) is 17.5. The summed E-state index contributed by atoms with van der Waals surface area (Å²) in [5, 5.41) is 22.0. The number of fused-ring (bicyclic) bond motifs is 3. The molecule has 3 rings (SSSR count). The maximum atomic E-state index is 12.5. The number of hydrogen-bond acceptors (Lipinski definition) is 4. The summed E-state index contributed by atoms with van der Waals surface area (Å²) >= 11 is 0. The number of carbonyl (C=O) groups is 1. The molecule has 132 valence electrons. The van der Waals surface area contributed by atoms with Crippen LogP contribution in [0.2, 0.25) is 0 Å². The highest BCUT2D eigenvalue weighted by molar-refractivity contribution is 6.06. The molecule has 0 unspecified atom stereocenters. The molecule has 0 aliphatic heterocycles. The number of hydrogen-bond donors (Lipinski definition) is 2. The van der Waals surface area contributed by atoms with Crippen molar-refractivity contribution >= 4 is 27.6 Å². The highest BCUT2D eigenvalue weighted by Gasteiger charge is 2.26. The first-order valence-electron chi connectivity index (χ1n) is 8.32. The van der Waals surface area contributed by atoms with Crippen LogP contribution >= 0.6 is 0 Å². The van der Waals surface area contributed by atoms with Crippen molar-refractivity contribution in [1.82, 2.24) is 4.90 Å². The second kappa shape index (κ2) is 6.86. The largest absolute Gasteiger partial charge is 0.461 e. The Balaban J connectivity index is 1.81. The van der Waals surface area contributed by atoms with Crippen molar-refractivity contribution in [2.45, 2.75) is 13.3 Å². The fourth-order valence-corrected chi connectivity index (χ4v) is 3.03. The SMILES string of the molecule is CN(CC(C)(CO)CO)C(=O)Cc1cc2c(ccc3ccccc32)o1. The van der Waals surface area contributed by atoms with E-state index in [0.717, 1.165) is 21.7 Å². The predicted molar refractivity (Wildman–Crippen MR) is 97.3 cm³/mol. The molecule has 2 aromatic carbocycles. The summed E-state index contributed by atoms with van der Waals surface area (Å²) in [5.74, 6) is 0.495. The Bertz CT molecular complexity index is 895. The van der Waals surface area contributed by atoms with E-state index in [1.165, 1.54) is 4.90 Å². The molecule has 2 N–H and O–H groups in total. The Kier molecular flexibility index (Phi) is 4.79. The third kappa shape index (κ3) is 3.52. The Hall–Kier alpha value is -2.37. The molecule has 0 aliphatic carbocycles. The molecule has 25 heavy (non-hydrogen) atoms. The van der Waals surface area contributed by atoms with Gasteiger partial charge in [-0.1, -0.05) is 37.3 Å². The average molecular weight is 341 g/mol. The van der Waals surface area contributed by atoms with Gasteiger partial charge in [0.25, 0.3) is 0 Å². The lowest BCUT2D eigenvalue weighted by Gasteiger charge is -2.30. The Labute approximate surface area is 146 Å². The quantitative estimate of drug-likeness (QED) is 0.723. The zero-order valence-electron chi connectivity index (χ0n) is 14.5. The normalized spacial score (nSPS) is 12.0. The Morgan fingerprint density at radius 3 is 2.56 bits per heavy atom. The zero-order chi connectivity index (χ0) is 18.0. The minimum atomic E-state index is -0.714. The van der Waals surface area contributed by atoms with Gasteiger partial charge in [0, 0.05) is 24.4 Å². The number of likely N-dealkylation sites (N-methyl/N-ethyl adjacent to an activating group) is 1. The van der Waals surface area contributed by atoms with Crippen molar-refractivity contribution in [3.8, 4) is 0 Å². The first-order valence-corrected chi connectivity index (χ1v) is 8.32. The highest BCUT2D eigenvalue weighted by Crippen LogP contribution is 2.28. The van der Waals surface area contributed by atoms with E-state index in [0.29, 0.717) is 5.76 Å². The number of aliphatic hydroxyl groups excluding tert-OH is 2. The van der Waals surface area contributed by atoms with Crippen molar-refractivity contribution in [1.29, 1.82) is 0 Å². The highest BCUT2D eigenvalue weighted by atomic mass is 16.3. The second-order valence-electron chi connectivity index (χ2n) is 6.96. The van der Waals surface area contributed by atoms with Gasteiger partial charge in [-0.05, 0) is 22.9 Å². The molecule has 0 aliphatic rings. The van der Waals surface area contributed by atoms with Gasteiger partial charge in [-0.15, -0.1) is 0 Å². The van der Waals surface area contributed by atoms with Crippen LogP contribution in [-0.4, -0.2) is 47.8 Å². The number of carbonyl (C=O) groups excluding carboxylic acids is 1. The van der Waals surface area contributed by atoms with Crippen LogP contribution in [0.3, 0.4) is 0 Å². The summed E-state index contributed by atoms with van der Waals surface area (Å²) < 4.78 is 5.83. The minimum Gasteiger partial charge on any atom is -0.461 e. The smallest absolute Gasteiger partial charge is 0.229 e. The van der Waals surface area contributed by atoms with E-state index >= 15 is 0 Å². The molecule has 1 amide bonds. The molecule has 0 bridgehead atoms. The van der Waals surface area contributed by atoms with Gasteiger partial charge in [0.15, 0.2) is 0 Å². The van der Waals surface area contributed by atoms with Crippen LogP contribution in [0.1, 0.15) is 12.7 Å². The molecular weight excluding hydrogens is 318 g/mol. The molecule has 1 heterocycles. The minimum absolute atomic E-state index is 0.114. The average Bonchev–Trinajstić information content (AvgIpc) is 3.04. The van der Waals surface area contributed by atoms with Crippen LogP contribution in [0.5, 0.6) is 0 Å². The molecule has 3 aromatic rings. The molecule has 0 atom stereocenters. The third-order valence-corrected chi connectivity index (χ3v) is 4.61. The lowest BCUT2D eigenvalue weighted by atomic mass is 9.92. The van der Waals surface area contributed by atoms with Gasteiger partial charge in [0.05, 0.1) is 19.6 Å². The van der Waals surface area contributed by atoms with E-state index < -0.39 is 5.41 Å². The molecule has 0 spiro atoms. The van der Waals surface area contributed by atoms with E-state index in [1.54, 1.807) is 14.0 Å². The summed E-state index contributed by atoms with van der Waals surface area (Å²) in [6, 6.07) is 13.9. The van der Waals surface area contributed by atoms with E-state index in [2.05, 4.69) is 0 Å². The van der Waals surface area contributed by atoms with Crippen LogP contribution in [-0.2, 0) is 11.2 Å². The van der Waals surface area contributed by atoms with Gasteiger partial charge in [0.1, 0.15) is 11.3 Å². The molecule has 5 heteroatoms. The Morgan fingerprint density at radius 2 is 1.84 bits per heavy atom. The van der Waals surface area contributed by atoms with Crippen molar-refractivity contribution in [3.63, 3.8) is 0 Å². The first-order chi connectivity index (χ1) is 12.0. The zero-order valence-corrected chi connectivity index (χ0v) is 14.5. The standard InChI is InChI=1S/C20H23NO4/c1-20(12-22,13-23)11-21(2)19(24)10-15-9-17-16-6-4-3-5-14(16)7-8-18(17)25-15/h3-9,22-23H,10-13H2,1-2H3. The van der Waals surface area contributed by atoms with Crippen molar-refractivity contribution in [2.24, 2.45) is 5.41 Å². The summed E-state index contributed by atoms with van der Waals surface area (Å²) in [4.78, 5) is 14.0. The molecule has 0 saturated carbocycles. The molecule has 5 nitrogen and oxygen atoms in total. The lowest BCUT2D eigenvalue weighted by Crippen LogP contribution is -2.42. The summed E-state index contributed by atoms with van der Waals surface area (Å²) in [5.41, 5.74) is 0.0498. The van der Waals surface area contributed by atoms with Gasteiger partial charge < -0.3 is 19.5 Å². The summed E-state index contributed by atoms with van der Waals surface area (Å²) in [7, 11) is 1.67. The molecule has 0 fully saturated rings. The van der Waals surface area contributed by atoms with Crippen molar-refractivity contribution in [3.05, 3.63) is 48.2 Å². The van der Waals surface area contributed by atoms with Gasteiger partial charge >= 0.3 is 0 Å². The molecule has 0 radical (unpaired) electrons. The number of benzene rings is 2. The number of rotatable bonds is 6. The van der Waals surface area contributed by atoms with Crippen LogP contribution in [0, 0.1) is 5.41 Å². The van der Waals surface area contributed by atoms with E-state index in [1.807, 2.05) is 42.5 Å². The topological polar surface area (TPSA) is 73.9 Å².